The van der Waals surface area contributed by atoms with Crippen LogP contribution >= 0.6 is 0 Å². The number of carbonyl (C=O) groups is 1. The largest absolute Gasteiger partial charge is 0.422 e. The molecule has 0 aliphatic rings. The number of hydrogen-bond donors (Lipinski definition) is 2. The van der Waals surface area contributed by atoms with Crippen molar-refractivity contribution in [3.8, 4) is 5.75 Å². The van der Waals surface area contributed by atoms with E-state index in [1.807, 2.05) is 18.2 Å². The van der Waals surface area contributed by atoms with E-state index >= 15 is 0 Å². The van der Waals surface area contributed by atoms with Crippen LogP contribution in [-0.2, 0) is 4.79 Å². The zero-order valence-electron chi connectivity index (χ0n) is 14.5. The average Bonchev–Trinajstić information content (AvgIpc) is 2.46. The fourth-order valence-corrected chi connectivity index (χ4v) is 2.47. The maximum atomic E-state index is 12.4. The summed E-state index contributed by atoms with van der Waals surface area (Å²) in [7, 11) is 0. The van der Waals surface area contributed by atoms with Crippen molar-refractivity contribution in [3.05, 3.63) is 29.3 Å². The molecule has 0 aliphatic heterocycles. The van der Waals surface area contributed by atoms with Crippen LogP contribution in [0.1, 0.15) is 69.9 Å². The van der Waals surface area contributed by atoms with Crippen LogP contribution in [0.25, 0.3) is 0 Å². The Morgan fingerprint density at radius 2 is 1.64 bits per heavy atom. The highest BCUT2D eigenvalue weighted by atomic mass is 16.5. The molecule has 0 saturated carbocycles. The van der Waals surface area contributed by atoms with Crippen LogP contribution < -0.4 is 16.2 Å². The van der Waals surface area contributed by atoms with Gasteiger partial charge in [0.2, 0.25) is 0 Å². The fourth-order valence-electron chi connectivity index (χ4n) is 2.47. The van der Waals surface area contributed by atoms with Crippen molar-refractivity contribution in [1.29, 1.82) is 0 Å². The molecule has 4 heteroatoms. The minimum Gasteiger partial charge on any atom is -0.422 e. The Labute approximate surface area is 134 Å². The van der Waals surface area contributed by atoms with E-state index in [4.69, 9.17) is 4.74 Å². The molecule has 0 amide bonds. The standard InChI is InChI=1S/C18H30N2O2/c1-12(2)14-8-7-9-15(13(3)4)17(14)22-18(21)16(20)10-5-6-11-19/h7-9,12-13,16H,5-6,10-11,19-20H2,1-4H3/p+2/t16-/m1/s1. The van der Waals surface area contributed by atoms with Gasteiger partial charge in [-0.3, -0.25) is 0 Å². The maximum absolute atomic E-state index is 12.4. The molecular weight excluding hydrogens is 276 g/mol. The van der Waals surface area contributed by atoms with E-state index in [0.29, 0.717) is 11.8 Å². The molecule has 4 nitrogen and oxygen atoms in total. The summed E-state index contributed by atoms with van der Waals surface area (Å²) in [6.07, 6.45) is 2.75. The minimum atomic E-state index is -0.313. The molecule has 22 heavy (non-hydrogen) atoms. The molecular formula is C18H32N2O2+2. The number of esters is 1. The lowest BCUT2D eigenvalue weighted by Crippen LogP contribution is -2.66. The van der Waals surface area contributed by atoms with Gasteiger partial charge in [0.25, 0.3) is 0 Å². The molecule has 0 radical (unpaired) electrons. The van der Waals surface area contributed by atoms with Crippen LogP contribution in [0, 0.1) is 0 Å². The van der Waals surface area contributed by atoms with E-state index in [0.717, 1.165) is 42.7 Å². The lowest BCUT2D eigenvalue weighted by Gasteiger charge is -2.19. The van der Waals surface area contributed by atoms with Crippen molar-refractivity contribution >= 4 is 5.97 Å². The summed E-state index contributed by atoms with van der Waals surface area (Å²) in [5, 5.41) is 0. The highest BCUT2D eigenvalue weighted by molar-refractivity contribution is 5.77. The van der Waals surface area contributed by atoms with Gasteiger partial charge in [-0.05, 0) is 35.8 Å². The molecule has 1 atom stereocenters. The Kier molecular flexibility index (Phi) is 7.56. The summed E-state index contributed by atoms with van der Waals surface area (Å²) in [6.45, 7) is 9.37. The second-order valence-electron chi connectivity index (χ2n) is 6.54. The SMILES string of the molecule is CC(C)c1cccc(C(C)C)c1OC(=O)[C@H]([NH3+])CCCC[NH3+]. The quantitative estimate of drug-likeness (QED) is 0.436. The van der Waals surface area contributed by atoms with Gasteiger partial charge in [-0.15, -0.1) is 0 Å². The van der Waals surface area contributed by atoms with Crippen molar-refractivity contribution in [3.63, 3.8) is 0 Å². The molecule has 0 aliphatic carbocycles. The minimum absolute atomic E-state index is 0.223. The van der Waals surface area contributed by atoms with E-state index in [-0.39, 0.29) is 12.0 Å². The van der Waals surface area contributed by atoms with Crippen LogP contribution in [0.5, 0.6) is 5.75 Å². The molecule has 0 unspecified atom stereocenters. The molecule has 124 valence electrons. The molecule has 0 heterocycles. The van der Waals surface area contributed by atoms with Crippen LogP contribution in [0.4, 0.5) is 0 Å². The number of carbonyl (C=O) groups excluding carboxylic acids is 1. The van der Waals surface area contributed by atoms with Crippen LogP contribution in [0.3, 0.4) is 0 Å². The van der Waals surface area contributed by atoms with E-state index in [2.05, 4.69) is 39.2 Å². The van der Waals surface area contributed by atoms with Gasteiger partial charge < -0.3 is 16.2 Å². The van der Waals surface area contributed by atoms with Crippen LogP contribution in [-0.4, -0.2) is 18.6 Å². The number of rotatable bonds is 8. The van der Waals surface area contributed by atoms with Gasteiger partial charge >= 0.3 is 5.97 Å². The molecule has 1 rings (SSSR count). The first-order valence-corrected chi connectivity index (χ1v) is 8.35. The summed E-state index contributed by atoms with van der Waals surface area (Å²) in [4.78, 5) is 12.4. The van der Waals surface area contributed by atoms with Gasteiger partial charge in [0.1, 0.15) is 5.75 Å². The predicted molar refractivity (Wildman–Crippen MR) is 88.5 cm³/mol. The van der Waals surface area contributed by atoms with Gasteiger partial charge in [0.15, 0.2) is 6.04 Å². The molecule has 1 aromatic rings. The summed E-state index contributed by atoms with van der Waals surface area (Å²) < 4.78 is 5.77. The Hall–Kier alpha value is -1.39. The summed E-state index contributed by atoms with van der Waals surface area (Å²) in [6, 6.07) is 5.81. The number of para-hydroxylation sites is 1. The van der Waals surface area contributed by atoms with Gasteiger partial charge in [-0.1, -0.05) is 45.9 Å². The molecule has 1 aromatic carbocycles. The Morgan fingerprint density at radius 3 is 2.09 bits per heavy atom. The maximum Gasteiger partial charge on any atom is 0.370 e. The van der Waals surface area contributed by atoms with Crippen LogP contribution in [0.15, 0.2) is 18.2 Å². The number of benzene rings is 1. The van der Waals surface area contributed by atoms with E-state index in [1.54, 1.807) is 0 Å². The third kappa shape index (κ3) is 5.11. The molecule has 0 aromatic heterocycles. The first kappa shape index (κ1) is 18.7. The number of quaternary nitrogens is 2. The Morgan fingerprint density at radius 1 is 1.09 bits per heavy atom. The number of ether oxygens (including phenoxy) is 1. The number of unbranched alkanes of at least 4 members (excludes halogenated alkanes) is 1. The molecule has 0 saturated heterocycles. The van der Waals surface area contributed by atoms with Gasteiger partial charge in [0.05, 0.1) is 6.54 Å². The van der Waals surface area contributed by atoms with Crippen molar-refractivity contribution in [2.24, 2.45) is 0 Å². The molecule has 0 fully saturated rings. The summed E-state index contributed by atoms with van der Waals surface area (Å²) in [5.41, 5.74) is 9.96. The molecule has 0 bridgehead atoms. The smallest absolute Gasteiger partial charge is 0.370 e. The molecule has 0 spiro atoms. The summed E-state index contributed by atoms with van der Waals surface area (Å²) >= 11 is 0. The van der Waals surface area contributed by atoms with E-state index in [9.17, 15) is 4.79 Å². The Bertz CT molecular complexity index is 458. The zero-order valence-corrected chi connectivity index (χ0v) is 14.5. The first-order chi connectivity index (χ1) is 10.4. The third-order valence-corrected chi connectivity index (χ3v) is 3.91. The second kappa shape index (κ2) is 8.91. The predicted octanol–water partition coefficient (Wildman–Crippen LogP) is 1.86. The van der Waals surface area contributed by atoms with Gasteiger partial charge in [-0.25, -0.2) is 4.79 Å². The van der Waals surface area contributed by atoms with Crippen molar-refractivity contribution in [2.45, 2.75) is 64.8 Å². The van der Waals surface area contributed by atoms with Gasteiger partial charge in [-0.2, -0.15) is 0 Å². The highest BCUT2D eigenvalue weighted by Gasteiger charge is 2.23. The lowest BCUT2D eigenvalue weighted by molar-refractivity contribution is -0.409. The third-order valence-electron chi connectivity index (χ3n) is 3.91. The lowest BCUT2D eigenvalue weighted by atomic mass is 9.94. The zero-order chi connectivity index (χ0) is 16.7. The van der Waals surface area contributed by atoms with Crippen molar-refractivity contribution < 1.29 is 21.0 Å². The van der Waals surface area contributed by atoms with Crippen molar-refractivity contribution in [1.82, 2.24) is 0 Å². The second-order valence-corrected chi connectivity index (χ2v) is 6.54. The normalized spacial score (nSPS) is 12.7. The first-order valence-electron chi connectivity index (χ1n) is 8.35. The number of hydrogen-bond acceptors (Lipinski definition) is 2. The van der Waals surface area contributed by atoms with Crippen molar-refractivity contribution in [2.75, 3.05) is 6.54 Å². The summed E-state index contributed by atoms with van der Waals surface area (Å²) in [5.74, 6) is 1.15. The van der Waals surface area contributed by atoms with E-state index < -0.39 is 0 Å². The van der Waals surface area contributed by atoms with Crippen LogP contribution in [0.2, 0.25) is 0 Å². The van der Waals surface area contributed by atoms with Gasteiger partial charge in [0, 0.05) is 6.42 Å². The van der Waals surface area contributed by atoms with E-state index in [1.165, 1.54) is 0 Å². The Balaban J connectivity index is 2.93. The highest BCUT2D eigenvalue weighted by Crippen LogP contribution is 2.34. The molecule has 6 N–H and O–H groups in total. The monoisotopic (exact) mass is 308 g/mol. The fraction of sp³-hybridized carbons (Fsp3) is 0.611. The average molecular weight is 308 g/mol. The topological polar surface area (TPSA) is 81.6 Å².